The van der Waals surface area contributed by atoms with Gasteiger partial charge in [-0.15, -0.1) is 0 Å². The van der Waals surface area contributed by atoms with Crippen LogP contribution in [-0.2, 0) is 4.79 Å². The van der Waals surface area contributed by atoms with E-state index in [0.29, 0.717) is 5.56 Å². The lowest BCUT2D eigenvalue weighted by Gasteiger charge is -2.35. The third kappa shape index (κ3) is 5.17. The van der Waals surface area contributed by atoms with Gasteiger partial charge in [-0.2, -0.15) is 0 Å². The Kier molecular flexibility index (Phi) is 6.24. The number of amides is 2. The molecule has 0 spiro atoms. The highest BCUT2D eigenvalue weighted by atomic mass is 16.2. The maximum atomic E-state index is 12.6. The van der Waals surface area contributed by atoms with Gasteiger partial charge in [-0.1, -0.05) is 42.5 Å². The van der Waals surface area contributed by atoms with Gasteiger partial charge in [0.05, 0.1) is 0 Å². The molecule has 1 aliphatic rings. The summed E-state index contributed by atoms with van der Waals surface area (Å²) < 4.78 is 0. The fourth-order valence-electron chi connectivity index (χ4n) is 3.46. The van der Waals surface area contributed by atoms with Crippen LogP contribution in [0.4, 0.5) is 0 Å². The fraction of sp³-hybridized carbons (Fsp3) is 0.364. The molecule has 1 aliphatic heterocycles. The number of benzene rings is 2. The van der Waals surface area contributed by atoms with Crippen LogP contribution in [-0.4, -0.2) is 60.4 Å². The highest BCUT2D eigenvalue weighted by molar-refractivity contribution is 5.95. The summed E-state index contributed by atoms with van der Waals surface area (Å²) in [7, 11) is 0. The van der Waals surface area contributed by atoms with Crippen molar-refractivity contribution in [3.05, 3.63) is 60.2 Å². The maximum Gasteiger partial charge on any atom is 0.251 e. The van der Waals surface area contributed by atoms with E-state index >= 15 is 0 Å². The van der Waals surface area contributed by atoms with Gasteiger partial charge in [0, 0.05) is 51.3 Å². The van der Waals surface area contributed by atoms with Gasteiger partial charge < -0.3 is 10.2 Å². The molecular formula is C22H27N3O2. The van der Waals surface area contributed by atoms with E-state index in [1.807, 2.05) is 66.4 Å². The van der Waals surface area contributed by atoms with E-state index in [0.717, 1.165) is 43.9 Å². The molecule has 1 saturated heterocycles. The summed E-state index contributed by atoms with van der Waals surface area (Å²) in [6.07, 6.45) is 0. The lowest BCUT2D eigenvalue weighted by molar-refractivity contribution is -0.130. The van der Waals surface area contributed by atoms with Crippen LogP contribution in [0.5, 0.6) is 0 Å². The molecular weight excluding hydrogens is 338 g/mol. The van der Waals surface area contributed by atoms with Crippen LogP contribution in [0, 0.1) is 0 Å². The van der Waals surface area contributed by atoms with Crippen molar-refractivity contribution in [2.24, 2.45) is 0 Å². The predicted molar refractivity (Wildman–Crippen MR) is 108 cm³/mol. The van der Waals surface area contributed by atoms with Crippen molar-refractivity contribution >= 4 is 11.8 Å². The standard InChI is InChI=1S/C22H27N3O2/c1-17(16-24-11-13-25(14-12-24)18(2)26)23-22(27)21-10-6-9-20(15-21)19-7-4-3-5-8-19/h3-10,15,17H,11-14,16H2,1-2H3,(H,23,27). The lowest BCUT2D eigenvalue weighted by atomic mass is 10.0. The molecule has 0 saturated carbocycles. The van der Waals surface area contributed by atoms with Crippen LogP contribution in [0.1, 0.15) is 24.2 Å². The predicted octanol–water partition coefficient (Wildman–Crippen LogP) is 2.64. The Morgan fingerprint density at radius 3 is 2.30 bits per heavy atom. The second-order valence-electron chi connectivity index (χ2n) is 7.13. The van der Waals surface area contributed by atoms with Crippen molar-refractivity contribution < 1.29 is 9.59 Å². The van der Waals surface area contributed by atoms with Gasteiger partial charge in [-0.25, -0.2) is 0 Å². The molecule has 1 fully saturated rings. The summed E-state index contributed by atoms with van der Waals surface area (Å²) in [6.45, 7) is 7.64. The molecule has 0 aromatic heterocycles. The van der Waals surface area contributed by atoms with Crippen molar-refractivity contribution in [3.63, 3.8) is 0 Å². The summed E-state index contributed by atoms with van der Waals surface area (Å²) in [5.41, 5.74) is 2.81. The van der Waals surface area contributed by atoms with Crippen molar-refractivity contribution in [1.29, 1.82) is 0 Å². The molecule has 5 heteroatoms. The molecule has 0 radical (unpaired) electrons. The topological polar surface area (TPSA) is 52.7 Å². The smallest absolute Gasteiger partial charge is 0.251 e. The van der Waals surface area contributed by atoms with Crippen molar-refractivity contribution in [2.75, 3.05) is 32.7 Å². The number of carbonyl (C=O) groups is 2. The quantitative estimate of drug-likeness (QED) is 0.886. The Hall–Kier alpha value is -2.66. The summed E-state index contributed by atoms with van der Waals surface area (Å²) in [6, 6.07) is 17.8. The molecule has 3 rings (SSSR count). The lowest BCUT2D eigenvalue weighted by Crippen LogP contribution is -2.51. The van der Waals surface area contributed by atoms with Gasteiger partial charge in [0.15, 0.2) is 0 Å². The number of nitrogens with zero attached hydrogens (tertiary/aromatic N) is 2. The van der Waals surface area contributed by atoms with E-state index in [1.165, 1.54) is 0 Å². The molecule has 0 aliphatic carbocycles. The molecule has 1 atom stereocenters. The average molecular weight is 365 g/mol. The van der Waals surface area contributed by atoms with Crippen molar-refractivity contribution in [3.8, 4) is 11.1 Å². The minimum absolute atomic E-state index is 0.0433. The second-order valence-corrected chi connectivity index (χ2v) is 7.13. The Balaban J connectivity index is 1.55. The Bertz CT molecular complexity index is 783. The van der Waals surface area contributed by atoms with Gasteiger partial charge in [0.2, 0.25) is 5.91 Å². The van der Waals surface area contributed by atoms with E-state index in [2.05, 4.69) is 10.2 Å². The Morgan fingerprint density at radius 1 is 0.963 bits per heavy atom. The SMILES string of the molecule is CC(=O)N1CCN(CC(C)NC(=O)c2cccc(-c3ccccc3)c2)CC1. The molecule has 2 aromatic rings. The summed E-state index contributed by atoms with van der Waals surface area (Å²) in [4.78, 5) is 28.2. The number of rotatable bonds is 5. The highest BCUT2D eigenvalue weighted by Crippen LogP contribution is 2.20. The van der Waals surface area contributed by atoms with Gasteiger partial charge in [-0.3, -0.25) is 14.5 Å². The molecule has 0 bridgehead atoms. The zero-order valence-electron chi connectivity index (χ0n) is 16.0. The minimum atomic E-state index is -0.0531. The third-order valence-corrected chi connectivity index (χ3v) is 4.96. The normalized spacial score (nSPS) is 16.0. The molecule has 2 aromatic carbocycles. The number of carbonyl (C=O) groups excluding carboxylic acids is 2. The van der Waals surface area contributed by atoms with Gasteiger partial charge in [0.1, 0.15) is 0 Å². The van der Waals surface area contributed by atoms with E-state index in [9.17, 15) is 9.59 Å². The molecule has 27 heavy (non-hydrogen) atoms. The van der Waals surface area contributed by atoms with Crippen LogP contribution >= 0.6 is 0 Å². The van der Waals surface area contributed by atoms with Gasteiger partial charge >= 0.3 is 0 Å². The third-order valence-electron chi connectivity index (χ3n) is 4.96. The number of hydrogen-bond donors (Lipinski definition) is 1. The summed E-state index contributed by atoms with van der Waals surface area (Å²) in [5, 5.41) is 3.09. The fourth-order valence-corrected chi connectivity index (χ4v) is 3.46. The zero-order valence-corrected chi connectivity index (χ0v) is 16.0. The first-order valence-electron chi connectivity index (χ1n) is 9.47. The van der Waals surface area contributed by atoms with Crippen LogP contribution in [0.15, 0.2) is 54.6 Å². The van der Waals surface area contributed by atoms with Crippen LogP contribution in [0.25, 0.3) is 11.1 Å². The number of nitrogens with one attached hydrogen (secondary N) is 1. The highest BCUT2D eigenvalue weighted by Gasteiger charge is 2.20. The van der Waals surface area contributed by atoms with Crippen LogP contribution in [0.3, 0.4) is 0 Å². The number of hydrogen-bond acceptors (Lipinski definition) is 3. The van der Waals surface area contributed by atoms with Crippen LogP contribution in [0.2, 0.25) is 0 Å². The van der Waals surface area contributed by atoms with Crippen molar-refractivity contribution in [1.82, 2.24) is 15.1 Å². The average Bonchev–Trinajstić information content (AvgIpc) is 2.69. The maximum absolute atomic E-state index is 12.6. The molecule has 2 amide bonds. The zero-order chi connectivity index (χ0) is 19.2. The van der Waals surface area contributed by atoms with E-state index in [-0.39, 0.29) is 17.9 Å². The first kappa shape index (κ1) is 19.1. The van der Waals surface area contributed by atoms with Crippen molar-refractivity contribution in [2.45, 2.75) is 19.9 Å². The van der Waals surface area contributed by atoms with Gasteiger partial charge in [0.25, 0.3) is 5.91 Å². The molecule has 142 valence electrons. The second kappa shape index (κ2) is 8.82. The first-order chi connectivity index (χ1) is 13.0. The summed E-state index contributed by atoms with van der Waals surface area (Å²) >= 11 is 0. The minimum Gasteiger partial charge on any atom is -0.348 e. The monoisotopic (exact) mass is 365 g/mol. The molecule has 5 nitrogen and oxygen atoms in total. The van der Waals surface area contributed by atoms with E-state index < -0.39 is 0 Å². The van der Waals surface area contributed by atoms with E-state index in [1.54, 1.807) is 6.92 Å². The molecule has 1 unspecified atom stereocenters. The molecule has 1 N–H and O–H groups in total. The first-order valence-corrected chi connectivity index (χ1v) is 9.47. The van der Waals surface area contributed by atoms with E-state index in [4.69, 9.17) is 0 Å². The largest absolute Gasteiger partial charge is 0.348 e. The molecule has 1 heterocycles. The van der Waals surface area contributed by atoms with Gasteiger partial charge in [-0.05, 0) is 30.2 Å². The Labute approximate surface area is 161 Å². The van der Waals surface area contributed by atoms with Crippen LogP contribution < -0.4 is 5.32 Å². The Morgan fingerprint density at radius 2 is 1.63 bits per heavy atom. The summed E-state index contributed by atoms with van der Waals surface area (Å²) in [5.74, 6) is 0.0805. The number of piperazine rings is 1.